The third-order valence-electron chi connectivity index (χ3n) is 3.11. The van der Waals surface area contributed by atoms with Gasteiger partial charge in [0.15, 0.2) is 0 Å². The van der Waals surface area contributed by atoms with E-state index in [0.29, 0.717) is 25.8 Å². The van der Waals surface area contributed by atoms with Gasteiger partial charge in [-0.15, -0.1) is 0 Å². The Morgan fingerprint density at radius 2 is 2.00 bits per heavy atom. The Morgan fingerprint density at radius 3 is 2.58 bits per heavy atom. The van der Waals surface area contributed by atoms with Crippen molar-refractivity contribution in [3.05, 3.63) is 0 Å². The van der Waals surface area contributed by atoms with Gasteiger partial charge in [-0.25, -0.2) is 0 Å². The summed E-state index contributed by atoms with van der Waals surface area (Å²) in [5.41, 5.74) is 5.34. The second-order valence-electron chi connectivity index (χ2n) is 4.64. The van der Waals surface area contributed by atoms with E-state index in [1.165, 1.54) is 0 Å². The van der Waals surface area contributed by atoms with Gasteiger partial charge in [0.2, 0.25) is 0 Å². The Kier molecular flexibility index (Phi) is 6.63. The van der Waals surface area contributed by atoms with Crippen LogP contribution in [0.1, 0.15) is 19.3 Å². The molecule has 0 saturated carbocycles. The maximum absolute atomic E-state index is 11.1. The van der Waals surface area contributed by atoms with Gasteiger partial charge in [-0.3, -0.25) is 10.1 Å². The first-order valence-electron chi connectivity index (χ1n) is 6.32. The number of nitrogens with one attached hydrogen (secondary N) is 1. The zero-order valence-electron chi connectivity index (χ0n) is 10.6. The second kappa shape index (κ2) is 7.73. The molecule has 1 rings (SSSR count). The Balaban J connectivity index is 2.51. The molecule has 0 amide bonds. The minimum atomic E-state index is -1.37. The fourth-order valence-corrected chi connectivity index (χ4v) is 1.92. The molecule has 0 aromatic rings. The number of aliphatic hydroxyl groups is 3. The number of hydrogen-bond donors (Lipinski definition) is 6. The van der Waals surface area contributed by atoms with Crippen molar-refractivity contribution in [2.45, 2.75) is 49.8 Å². The van der Waals surface area contributed by atoms with Crippen LogP contribution in [0.4, 0.5) is 0 Å². The molecule has 112 valence electrons. The maximum Gasteiger partial charge on any atom is 0.320 e. The number of rotatable bonds is 7. The zero-order chi connectivity index (χ0) is 14.4. The zero-order valence-corrected chi connectivity index (χ0v) is 10.6. The van der Waals surface area contributed by atoms with Gasteiger partial charge >= 0.3 is 5.97 Å². The third kappa shape index (κ3) is 4.68. The highest BCUT2D eigenvalue weighted by Crippen LogP contribution is 2.15. The Hall–Kier alpha value is -0.770. The summed E-state index contributed by atoms with van der Waals surface area (Å²) in [6.07, 6.45) is -3.23. The molecule has 0 aromatic heterocycles. The number of ether oxygens (including phenoxy) is 1. The van der Waals surface area contributed by atoms with Crippen molar-refractivity contribution in [1.82, 2.24) is 5.32 Å². The summed E-state index contributed by atoms with van der Waals surface area (Å²) >= 11 is 0. The number of aliphatic carboxylic acids is 1. The van der Waals surface area contributed by atoms with Crippen molar-refractivity contribution in [2.24, 2.45) is 5.73 Å². The third-order valence-corrected chi connectivity index (χ3v) is 3.11. The number of carboxylic acid groups (broad SMARTS) is 1. The predicted molar refractivity (Wildman–Crippen MR) is 65.2 cm³/mol. The van der Waals surface area contributed by atoms with Crippen LogP contribution >= 0.6 is 0 Å². The van der Waals surface area contributed by atoms with Crippen molar-refractivity contribution in [3.8, 4) is 0 Å². The van der Waals surface area contributed by atoms with Gasteiger partial charge < -0.3 is 30.9 Å². The van der Waals surface area contributed by atoms with E-state index in [9.17, 15) is 20.1 Å². The van der Waals surface area contributed by atoms with Crippen LogP contribution in [0.5, 0.6) is 0 Å². The standard InChI is InChI=1S/C11H22N2O6/c12-4-2-1-3-6(11(17)18)13-10-9(16)8(15)7(14)5-19-10/h6-10,13-16H,1-5,12H2,(H,17,18)/t6-,7+,8-,9+,10?/m0/s1. The van der Waals surface area contributed by atoms with E-state index in [1.807, 2.05) is 0 Å². The molecule has 1 aliphatic heterocycles. The molecule has 0 aromatic carbocycles. The summed E-state index contributed by atoms with van der Waals surface area (Å²) in [7, 11) is 0. The average molecular weight is 278 g/mol. The molecule has 0 aliphatic carbocycles. The molecule has 1 unspecified atom stereocenters. The molecular formula is C11H22N2O6. The smallest absolute Gasteiger partial charge is 0.320 e. The fourth-order valence-electron chi connectivity index (χ4n) is 1.92. The number of unbranched alkanes of at least 4 members (excludes halogenated alkanes) is 1. The first kappa shape index (κ1) is 16.3. The molecule has 1 aliphatic rings. The molecule has 5 atom stereocenters. The summed E-state index contributed by atoms with van der Waals surface area (Å²) in [4.78, 5) is 11.1. The maximum atomic E-state index is 11.1. The second-order valence-corrected chi connectivity index (χ2v) is 4.64. The highest BCUT2D eigenvalue weighted by atomic mass is 16.5. The van der Waals surface area contributed by atoms with Gasteiger partial charge in [-0.2, -0.15) is 0 Å². The average Bonchev–Trinajstić information content (AvgIpc) is 2.37. The van der Waals surface area contributed by atoms with Crippen LogP contribution in [-0.2, 0) is 9.53 Å². The number of carboxylic acids is 1. The molecule has 19 heavy (non-hydrogen) atoms. The van der Waals surface area contributed by atoms with Crippen LogP contribution in [0.2, 0.25) is 0 Å². The lowest BCUT2D eigenvalue weighted by atomic mass is 10.0. The van der Waals surface area contributed by atoms with E-state index in [4.69, 9.17) is 15.6 Å². The van der Waals surface area contributed by atoms with Crippen LogP contribution in [-0.4, -0.2) is 70.1 Å². The van der Waals surface area contributed by atoms with Gasteiger partial charge in [-0.05, 0) is 19.4 Å². The first-order valence-corrected chi connectivity index (χ1v) is 6.32. The van der Waals surface area contributed by atoms with E-state index in [1.54, 1.807) is 0 Å². The van der Waals surface area contributed by atoms with Crippen molar-refractivity contribution in [2.75, 3.05) is 13.2 Å². The molecule has 0 radical (unpaired) electrons. The van der Waals surface area contributed by atoms with Gasteiger partial charge in [0, 0.05) is 0 Å². The Bertz CT molecular complexity index is 290. The molecule has 8 heteroatoms. The highest BCUT2D eigenvalue weighted by molar-refractivity contribution is 5.73. The molecular weight excluding hydrogens is 256 g/mol. The molecule has 7 N–H and O–H groups in total. The molecule has 1 fully saturated rings. The normalized spacial score (nSPS) is 33.1. The quantitative estimate of drug-likeness (QED) is 0.283. The lowest BCUT2D eigenvalue weighted by Gasteiger charge is -2.36. The first-order chi connectivity index (χ1) is 8.97. The van der Waals surface area contributed by atoms with Crippen LogP contribution in [0.25, 0.3) is 0 Å². The van der Waals surface area contributed by atoms with E-state index in [-0.39, 0.29) is 6.61 Å². The lowest BCUT2D eigenvalue weighted by Crippen LogP contribution is -2.60. The fraction of sp³-hybridized carbons (Fsp3) is 0.909. The monoisotopic (exact) mass is 278 g/mol. The van der Waals surface area contributed by atoms with Crippen LogP contribution in [0, 0.1) is 0 Å². The Morgan fingerprint density at radius 1 is 1.32 bits per heavy atom. The number of carbonyl (C=O) groups is 1. The molecule has 0 bridgehead atoms. The van der Waals surface area contributed by atoms with Crippen molar-refractivity contribution in [1.29, 1.82) is 0 Å². The summed E-state index contributed by atoms with van der Waals surface area (Å²) in [6, 6.07) is -0.895. The van der Waals surface area contributed by atoms with Crippen molar-refractivity contribution < 1.29 is 30.0 Å². The topological polar surface area (TPSA) is 145 Å². The van der Waals surface area contributed by atoms with Crippen LogP contribution < -0.4 is 11.1 Å². The van der Waals surface area contributed by atoms with Gasteiger partial charge in [0.25, 0.3) is 0 Å². The summed E-state index contributed by atoms with van der Waals surface area (Å²) < 4.78 is 5.10. The van der Waals surface area contributed by atoms with E-state index in [2.05, 4.69) is 5.32 Å². The van der Waals surface area contributed by atoms with E-state index < -0.39 is 36.6 Å². The largest absolute Gasteiger partial charge is 0.480 e. The lowest BCUT2D eigenvalue weighted by molar-refractivity contribution is -0.198. The van der Waals surface area contributed by atoms with Crippen molar-refractivity contribution >= 4 is 5.97 Å². The van der Waals surface area contributed by atoms with Crippen molar-refractivity contribution in [3.63, 3.8) is 0 Å². The molecule has 1 heterocycles. The summed E-state index contributed by atoms with van der Waals surface area (Å²) in [5.74, 6) is -1.06. The van der Waals surface area contributed by atoms with Crippen LogP contribution in [0.15, 0.2) is 0 Å². The van der Waals surface area contributed by atoms with Gasteiger partial charge in [0.05, 0.1) is 6.61 Å². The number of hydrogen-bond acceptors (Lipinski definition) is 7. The SMILES string of the molecule is NCCCC[C@H](NC1OC[C@@H](O)[C@H](O)[C@H]1O)C(=O)O. The number of nitrogens with two attached hydrogens (primary N) is 1. The van der Waals surface area contributed by atoms with Crippen LogP contribution in [0.3, 0.4) is 0 Å². The number of aliphatic hydroxyl groups excluding tert-OH is 3. The summed E-state index contributed by atoms with van der Waals surface area (Å²) in [6.45, 7) is 0.324. The summed E-state index contributed by atoms with van der Waals surface area (Å²) in [5, 5.41) is 40.2. The minimum Gasteiger partial charge on any atom is -0.480 e. The van der Waals surface area contributed by atoms with Gasteiger partial charge in [-0.1, -0.05) is 6.42 Å². The molecule has 1 saturated heterocycles. The molecule has 0 spiro atoms. The predicted octanol–water partition coefficient (Wildman–Crippen LogP) is -2.40. The van der Waals surface area contributed by atoms with E-state index in [0.717, 1.165) is 0 Å². The highest BCUT2D eigenvalue weighted by Gasteiger charge is 2.39. The minimum absolute atomic E-state index is 0.162. The van der Waals surface area contributed by atoms with E-state index >= 15 is 0 Å². The molecule has 8 nitrogen and oxygen atoms in total. The Labute approximate surface area is 111 Å². The van der Waals surface area contributed by atoms with Gasteiger partial charge in [0.1, 0.15) is 30.6 Å².